The number of hydrazine groups is 1. The number of fused-ring (bicyclic) bond motifs is 1. The van der Waals surface area contributed by atoms with Crippen molar-refractivity contribution in [2.75, 3.05) is 0 Å². The third-order valence-corrected chi connectivity index (χ3v) is 3.41. The molecule has 0 radical (unpaired) electrons. The summed E-state index contributed by atoms with van der Waals surface area (Å²) in [4.78, 5) is 24.8. The summed E-state index contributed by atoms with van der Waals surface area (Å²) in [6.45, 7) is 0. The number of nitro benzene ring substituents is 1. The van der Waals surface area contributed by atoms with E-state index >= 15 is 0 Å². The van der Waals surface area contributed by atoms with Gasteiger partial charge in [0.2, 0.25) is 0 Å². The SMILES string of the molecule is NNC(=O)c1nc2cc(C(F)(F)F)cc([N+](=O)[O-])c2s1. The first kappa shape index (κ1) is 14.1. The van der Waals surface area contributed by atoms with Crippen LogP contribution in [0.25, 0.3) is 10.2 Å². The molecule has 2 aromatic rings. The van der Waals surface area contributed by atoms with Crippen molar-refractivity contribution in [2.45, 2.75) is 6.18 Å². The van der Waals surface area contributed by atoms with E-state index in [1.807, 2.05) is 0 Å². The number of hydrogen-bond donors (Lipinski definition) is 2. The molecule has 7 nitrogen and oxygen atoms in total. The van der Waals surface area contributed by atoms with Gasteiger partial charge in [-0.05, 0) is 6.07 Å². The van der Waals surface area contributed by atoms with Gasteiger partial charge in [0, 0.05) is 6.07 Å². The number of rotatable bonds is 2. The van der Waals surface area contributed by atoms with Crippen molar-refractivity contribution in [1.29, 1.82) is 0 Å². The number of benzene rings is 1. The van der Waals surface area contributed by atoms with Gasteiger partial charge in [-0.15, -0.1) is 11.3 Å². The van der Waals surface area contributed by atoms with Crippen molar-refractivity contribution < 1.29 is 22.9 Å². The lowest BCUT2D eigenvalue weighted by Crippen LogP contribution is -2.29. The van der Waals surface area contributed by atoms with Crippen molar-refractivity contribution in [2.24, 2.45) is 5.84 Å². The molecule has 1 aromatic heterocycles. The standard InChI is InChI=1S/C9H5F3N4O3S/c10-9(11,12)3-1-4-6(5(2-3)16(18)19)20-8(14-4)7(17)15-13/h1-2H,13H2,(H,15,17). The molecule has 0 aliphatic heterocycles. The lowest BCUT2D eigenvalue weighted by Gasteiger charge is -2.05. The van der Waals surface area contributed by atoms with Gasteiger partial charge in [0.15, 0.2) is 5.01 Å². The second-order valence-electron chi connectivity index (χ2n) is 3.59. The average Bonchev–Trinajstić information content (AvgIpc) is 2.78. The summed E-state index contributed by atoms with van der Waals surface area (Å²) >= 11 is 0.592. The Kier molecular flexibility index (Phi) is 3.31. The van der Waals surface area contributed by atoms with E-state index in [0.29, 0.717) is 23.5 Å². The molecule has 0 spiro atoms. The van der Waals surface area contributed by atoms with Crippen LogP contribution >= 0.6 is 11.3 Å². The van der Waals surface area contributed by atoms with Crippen molar-refractivity contribution >= 4 is 33.1 Å². The second-order valence-corrected chi connectivity index (χ2v) is 4.59. The number of carbonyl (C=O) groups excluding carboxylic acids is 1. The van der Waals surface area contributed by atoms with Crippen molar-refractivity contribution in [3.8, 4) is 0 Å². The number of aromatic nitrogens is 1. The van der Waals surface area contributed by atoms with Crippen LogP contribution in [0.1, 0.15) is 15.4 Å². The van der Waals surface area contributed by atoms with E-state index in [2.05, 4.69) is 4.98 Å². The molecule has 1 amide bonds. The lowest BCUT2D eigenvalue weighted by molar-refractivity contribution is -0.383. The monoisotopic (exact) mass is 306 g/mol. The summed E-state index contributed by atoms with van der Waals surface area (Å²) < 4.78 is 37.8. The van der Waals surface area contributed by atoms with Gasteiger partial charge in [0.25, 0.3) is 11.6 Å². The fourth-order valence-corrected chi connectivity index (χ4v) is 2.41. The highest BCUT2D eigenvalue weighted by Gasteiger charge is 2.34. The van der Waals surface area contributed by atoms with Crippen LogP contribution in [0.2, 0.25) is 0 Å². The average molecular weight is 306 g/mol. The number of alkyl halides is 3. The number of carbonyl (C=O) groups is 1. The molecule has 0 unspecified atom stereocenters. The Hall–Kier alpha value is -2.27. The summed E-state index contributed by atoms with van der Waals surface area (Å²) in [5, 5.41) is 10.6. The Labute approximate surface area is 112 Å². The Bertz CT molecular complexity index is 712. The molecule has 0 saturated carbocycles. The fourth-order valence-electron chi connectivity index (χ4n) is 1.47. The predicted octanol–water partition coefficient (Wildman–Crippen LogP) is 1.83. The first-order valence-corrected chi connectivity index (χ1v) is 5.73. The molecular formula is C9H5F3N4O3S. The van der Waals surface area contributed by atoms with Crippen LogP contribution in [0.15, 0.2) is 12.1 Å². The number of thiazole rings is 1. The van der Waals surface area contributed by atoms with Gasteiger partial charge in [-0.25, -0.2) is 10.8 Å². The van der Waals surface area contributed by atoms with Gasteiger partial charge in [-0.3, -0.25) is 20.3 Å². The normalized spacial score (nSPS) is 11.6. The molecule has 1 heterocycles. The quantitative estimate of drug-likeness (QED) is 0.380. The maximum Gasteiger partial charge on any atom is 0.416 e. The Morgan fingerprint density at radius 3 is 2.60 bits per heavy atom. The number of halogens is 3. The smallest absolute Gasteiger partial charge is 0.288 e. The highest BCUT2D eigenvalue weighted by atomic mass is 32.1. The molecule has 0 aliphatic rings. The zero-order valence-corrected chi connectivity index (χ0v) is 10.2. The molecule has 1 aromatic carbocycles. The summed E-state index contributed by atoms with van der Waals surface area (Å²) in [6, 6.07) is 1.05. The highest BCUT2D eigenvalue weighted by Crippen LogP contribution is 2.38. The van der Waals surface area contributed by atoms with Gasteiger partial charge in [-0.1, -0.05) is 0 Å². The third kappa shape index (κ3) is 2.40. The number of nitrogens with one attached hydrogen (secondary N) is 1. The number of nitrogens with two attached hydrogens (primary N) is 1. The molecular weight excluding hydrogens is 301 g/mol. The number of hydrogen-bond acceptors (Lipinski definition) is 6. The van der Waals surface area contributed by atoms with Gasteiger partial charge in [0.05, 0.1) is 16.0 Å². The summed E-state index contributed by atoms with van der Waals surface area (Å²) in [5.41, 5.74) is -0.497. The minimum absolute atomic E-state index is 0.124. The van der Waals surface area contributed by atoms with Crippen LogP contribution in [-0.2, 0) is 6.18 Å². The highest BCUT2D eigenvalue weighted by molar-refractivity contribution is 7.20. The van der Waals surface area contributed by atoms with E-state index in [1.165, 1.54) is 0 Å². The minimum Gasteiger partial charge on any atom is -0.288 e. The molecule has 0 saturated heterocycles. The van der Waals surface area contributed by atoms with Gasteiger partial charge in [-0.2, -0.15) is 13.2 Å². The summed E-state index contributed by atoms with van der Waals surface area (Å²) in [6.07, 6.45) is -4.75. The summed E-state index contributed by atoms with van der Waals surface area (Å²) in [5.74, 6) is 4.04. The van der Waals surface area contributed by atoms with Crippen LogP contribution in [0, 0.1) is 10.1 Å². The molecule has 3 N–H and O–H groups in total. The molecule has 0 fully saturated rings. The van der Waals surface area contributed by atoms with E-state index in [-0.39, 0.29) is 15.2 Å². The first-order chi connectivity index (χ1) is 9.24. The van der Waals surface area contributed by atoms with E-state index in [9.17, 15) is 28.1 Å². The first-order valence-electron chi connectivity index (χ1n) is 4.91. The van der Waals surface area contributed by atoms with Crippen LogP contribution in [0.4, 0.5) is 18.9 Å². The molecule has 0 bridgehead atoms. The van der Waals surface area contributed by atoms with E-state index < -0.39 is 28.3 Å². The Morgan fingerprint density at radius 1 is 1.45 bits per heavy atom. The Balaban J connectivity index is 2.75. The Morgan fingerprint density at radius 2 is 2.10 bits per heavy atom. The minimum atomic E-state index is -4.75. The number of nitrogen functional groups attached to an aromatic ring is 1. The van der Waals surface area contributed by atoms with Crippen LogP contribution < -0.4 is 11.3 Å². The molecule has 0 aliphatic carbocycles. The fraction of sp³-hybridized carbons (Fsp3) is 0.111. The van der Waals surface area contributed by atoms with Gasteiger partial charge >= 0.3 is 6.18 Å². The van der Waals surface area contributed by atoms with Crippen LogP contribution in [-0.4, -0.2) is 15.8 Å². The predicted molar refractivity (Wildman–Crippen MR) is 62.9 cm³/mol. The number of nitrogens with zero attached hydrogens (tertiary/aromatic N) is 2. The van der Waals surface area contributed by atoms with Crippen molar-refractivity contribution in [3.63, 3.8) is 0 Å². The van der Waals surface area contributed by atoms with E-state index in [1.54, 1.807) is 5.43 Å². The van der Waals surface area contributed by atoms with Crippen LogP contribution in [0.3, 0.4) is 0 Å². The van der Waals surface area contributed by atoms with Crippen LogP contribution in [0.5, 0.6) is 0 Å². The third-order valence-electron chi connectivity index (χ3n) is 2.32. The molecule has 11 heteroatoms. The number of non-ortho nitro benzene ring substituents is 1. The zero-order valence-electron chi connectivity index (χ0n) is 9.39. The molecule has 106 valence electrons. The van der Waals surface area contributed by atoms with Gasteiger partial charge in [0.1, 0.15) is 4.70 Å². The maximum absolute atomic E-state index is 12.6. The summed E-state index contributed by atoms with van der Waals surface area (Å²) in [7, 11) is 0. The number of amides is 1. The zero-order chi connectivity index (χ0) is 15.1. The maximum atomic E-state index is 12.6. The molecule has 2 rings (SSSR count). The van der Waals surface area contributed by atoms with Gasteiger partial charge < -0.3 is 0 Å². The molecule has 0 atom stereocenters. The lowest BCUT2D eigenvalue weighted by atomic mass is 10.2. The van der Waals surface area contributed by atoms with E-state index in [4.69, 9.17) is 5.84 Å². The largest absolute Gasteiger partial charge is 0.416 e. The van der Waals surface area contributed by atoms with Crippen molar-refractivity contribution in [3.05, 3.63) is 32.8 Å². The molecule has 20 heavy (non-hydrogen) atoms. The topological polar surface area (TPSA) is 111 Å². The van der Waals surface area contributed by atoms with E-state index in [0.717, 1.165) is 0 Å². The van der Waals surface area contributed by atoms with Crippen molar-refractivity contribution in [1.82, 2.24) is 10.4 Å². The second kappa shape index (κ2) is 4.68. The number of nitro groups is 1.